The Morgan fingerprint density at radius 1 is 1.37 bits per heavy atom. The molecular formula is C14H21N3O2. The largest absolute Gasteiger partial charge is 0.399 e. The van der Waals surface area contributed by atoms with E-state index in [9.17, 15) is 5.11 Å². The quantitative estimate of drug-likeness (QED) is 0.690. The number of aliphatic hydroxyl groups is 2. The first kappa shape index (κ1) is 13.8. The maximum atomic E-state index is 9.44. The van der Waals surface area contributed by atoms with Gasteiger partial charge in [0.2, 0.25) is 0 Å². The van der Waals surface area contributed by atoms with Crippen LogP contribution >= 0.6 is 0 Å². The third-order valence-electron chi connectivity index (χ3n) is 3.55. The van der Waals surface area contributed by atoms with Crippen molar-refractivity contribution in [1.82, 2.24) is 9.55 Å². The molecular weight excluding hydrogens is 242 g/mol. The number of nitrogen functional groups attached to an aromatic ring is 1. The highest BCUT2D eigenvalue weighted by molar-refractivity contribution is 5.79. The standard InChI is InChI=1S/C14H21N3O2/c1-2-10(5-6-18)8-17-13-4-3-11(15)7-12(13)16-14(17)9-19/h3-4,7,10,18-19H,2,5-6,8-9,15H2,1H3. The van der Waals surface area contributed by atoms with Crippen LogP contribution in [0.3, 0.4) is 0 Å². The zero-order valence-electron chi connectivity index (χ0n) is 11.2. The molecule has 0 aliphatic heterocycles. The van der Waals surface area contributed by atoms with Crippen LogP contribution in [-0.2, 0) is 13.2 Å². The van der Waals surface area contributed by atoms with Gasteiger partial charge in [-0.3, -0.25) is 0 Å². The summed E-state index contributed by atoms with van der Waals surface area (Å²) < 4.78 is 2.03. The number of rotatable bonds is 6. The van der Waals surface area contributed by atoms with Crippen molar-refractivity contribution >= 4 is 16.7 Å². The molecule has 0 aliphatic carbocycles. The first-order valence-electron chi connectivity index (χ1n) is 6.66. The van der Waals surface area contributed by atoms with Crippen LogP contribution in [0.5, 0.6) is 0 Å². The highest BCUT2D eigenvalue weighted by atomic mass is 16.3. The zero-order chi connectivity index (χ0) is 13.8. The number of nitrogens with two attached hydrogens (primary N) is 1. The van der Waals surface area contributed by atoms with Gasteiger partial charge in [-0.15, -0.1) is 0 Å². The summed E-state index contributed by atoms with van der Waals surface area (Å²) in [5, 5.41) is 18.5. The van der Waals surface area contributed by atoms with E-state index in [1.54, 1.807) is 0 Å². The molecule has 0 aliphatic rings. The number of hydrogen-bond acceptors (Lipinski definition) is 4. The summed E-state index contributed by atoms with van der Waals surface area (Å²) in [6, 6.07) is 5.59. The number of aromatic nitrogens is 2. The molecule has 0 saturated carbocycles. The minimum absolute atomic E-state index is 0.0931. The highest BCUT2D eigenvalue weighted by Crippen LogP contribution is 2.22. The Morgan fingerprint density at radius 3 is 2.79 bits per heavy atom. The number of benzene rings is 1. The van der Waals surface area contributed by atoms with E-state index in [-0.39, 0.29) is 13.2 Å². The average Bonchev–Trinajstić information content (AvgIpc) is 2.75. The zero-order valence-corrected chi connectivity index (χ0v) is 11.2. The lowest BCUT2D eigenvalue weighted by molar-refractivity contribution is 0.235. The molecule has 1 heterocycles. The second-order valence-corrected chi connectivity index (χ2v) is 4.83. The van der Waals surface area contributed by atoms with E-state index in [4.69, 9.17) is 10.8 Å². The molecule has 4 N–H and O–H groups in total. The Labute approximate surface area is 112 Å². The summed E-state index contributed by atoms with van der Waals surface area (Å²) in [6.45, 7) is 2.96. The molecule has 1 atom stereocenters. The van der Waals surface area contributed by atoms with Crippen molar-refractivity contribution < 1.29 is 10.2 Å². The molecule has 104 valence electrons. The average molecular weight is 263 g/mol. The van der Waals surface area contributed by atoms with Crippen LogP contribution in [-0.4, -0.2) is 26.4 Å². The second kappa shape index (κ2) is 6.04. The Morgan fingerprint density at radius 2 is 2.16 bits per heavy atom. The summed E-state index contributed by atoms with van der Waals surface area (Å²) >= 11 is 0. The molecule has 5 heteroatoms. The van der Waals surface area contributed by atoms with E-state index in [2.05, 4.69) is 11.9 Å². The van der Waals surface area contributed by atoms with Gasteiger partial charge in [-0.1, -0.05) is 13.3 Å². The van der Waals surface area contributed by atoms with Gasteiger partial charge in [0.05, 0.1) is 11.0 Å². The van der Waals surface area contributed by atoms with Gasteiger partial charge in [-0.25, -0.2) is 4.98 Å². The molecule has 1 aromatic carbocycles. The van der Waals surface area contributed by atoms with E-state index in [1.807, 2.05) is 22.8 Å². The molecule has 2 rings (SSSR count). The summed E-state index contributed by atoms with van der Waals surface area (Å²) in [5.41, 5.74) is 8.21. The second-order valence-electron chi connectivity index (χ2n) is 4.83. The van der Waals surface area contributed by atoms with Gasteiger partial charge in [-0.05, 0) is 30.5 Å². The fourth-order valence-electron chi connectivity index (χ4n) is 2.39. The van der Waals surface area contributed by atoms with Gasteiger partial charge in [-0.2, -0.15) is 0 Å². The van der Waals surface area contributed by atoms with Gasteiger partial charge in [0.25, 0.3) is 0 Å². The van der Waals surface area contributed by atoms with Gasteiger partial charge < -0.3 is 20.5 Å². The summed E-state index contributed by atoms with van der Waals surface area (Å²) in [4.78, 5) is 4.41. The first-order valence-corrected chi connectivity index (χ1v) is 6.66. The summed E-state index contributed by atoms with van der Waals surface area (Å²) in [6.07, 6.45) is 1.75. The van der Waals surface area contributed by atoms with Crippen molar-refractivity contribution in [3.05, 3.63) is 24.0 Å². The molecule has 5 nitrogen and oxygen atoms in total. The Balaban J connectivity index is 2.39. The number of anilines is 1. The van der Waals surface area contributed by atoms with E-state index in [0.29, 0.717) is 17.4 Å². The number of aliphatic hydroxyl groups excluding tert-OH is 2. The number of fused-ring (bicyclic) bond motifs is 1. The Bertz CT molecular complexity index is 551. The van der Waals surface area contributed by atoms with Gasteiger partial charge in [0.15, 0.2) is 0 Å². The van der Waals surface area contributed by atoms with E-state index in [1.165, 1.54) is 0 Å². The van der Waals surface area contributed by atoms with Crippen LogP contribution in [0.1, 0.15) is 25.6 Å². The monoisotopic (exact) mass is 263 g/mol. The molecule has 0 amide bonds. The van der Waals surface area contributed by atoms with Crippen molar-refractivity contribution in [3.8, 4) is 0 Å². The molecule has 0 spiro atoms. The Hall–Kier alpha value is -1.59. The van der Waals surface area contributed by atoms with Crippen LogP contribution in [0.15, 0.2) is 18.2 Å². The predicted octanol–water partition coefficient (Wildman–Crippen LogP) is 1.52. The SMILES string of the molecule is CCC(CCO)Cn1c(CO)nc2cc(N)ccc21. The van der Waals surface area contributed by atoms with Crippen molar-refractivity contribution in [2.24, 2.45) is 5.92 Å². The third kappa shape index (κ3) is 2.88. The minimum atomic E-state index is -0.0931. The summed E-state index contributed by atoms with van der Waals surface area (Å²) in [5.74, 6) is 1.03. The smallest absolute Gasteiger partial charge is 0.135 e. The van der Waals surface area contributed by atoms with Gasteiger partial charge in [0.1, 0.15) is 12.4 Å². The van der Waals surface area contributed by atoms with Crippen molar-refractivity contribution in [2.45, 2.75) is 32.9 Å². The number of imidazole rings is 1. The van der Waals surface area contributed by atoms with Crippen LogP contribution in [0.2, 0.25) is 0 Å². The van der Waals surface area contributed by atoms with Crippen molar-refractivity contribution in [2.75, 3.05) is 12.3 Å². The molecule has 1 unspecified atom stereocenters. The molecule has 0 bridgehead atoms. The van der Waals surface area contributed by atoms with E-state index < -0.39 is 0 Å². The summed E-state index contributed by atoms with van der Waals surface area (Å²) in [7, 11) is 0. The first-order chi connectivity index (χ1) is 9.19. The molecule has 2 aromatic rings. The molecule has 0 radical (unpaired) electrons. The number of hydrogen-bond donors (Lipinski definition) is 3. The number of nitrogens with zero attached hydrogens (tertiary/aromatic N) is 2. The minimum Gasteiger partial charge on any atom is -0.399 e. The van der Waals surface area contributed by atoms with Crippen molar-refractivity contribution in [3.63, 3.8) is 0 Å². The molecule has 0 fully saturated rings. The van der Waals surface area contributed by atoms with Gasteiger partial charge in [0, 0.05) is 18.8 Å². The lowest BCUT2D eigenvalue weighted by Gasteiger charge is -2.16. The normalized spacial score (nSPS) is 13.0. The predicted molar refractivity (Wildman–Crippen MR) is 75.6 cm³/mol. The molecule has 19 heavy (non-hydrogen) atoms. The molecule has 1 aromatic heterocycles. The van der Waals surface area contributed by atoms with Crippen LogP contribution in [0.4, 0.5) is 5.69 Å². The highest BCUT2D eigenvalue weighted by Gasteiger charge is 2.14. The van der Waals surface area contributed by atoms with Crippen LogP contribution < -0.4 is 5.73 Å². The van der Waals surface area contributed by atoms with Crippen LogP contribution in [0, 0.1) is 5.92 Å². The maximum absolute atomic E-state index is 9.44. The lowest BCUT2D eigenvalue weighted by Crippen LogP contribution is -2.14. The lowest BCUT2D eigenvalue weighted by atomic mass is 10.0. The molecule has 0 saturated heterocycles. The maximum Gasteiger partial charge on any atom is 0.135 e. The fourth-order valence-corrected chi connectivity index (χ4v) is 2.39. The van der Waals surface area contributed by atoms with E-state index >= 15 is 0 Å². The third-order valence-corrected chi connectivity index (χ3v) is 3.55. The van der Waals surface area contributed by atoms with Crippen LogP contribution in [0.25, 0.3) is 11.0 Å². The van der Waals surface area contributed by atoms with E-state index in [0.717, 1.165) is 30.4 Å². The fraction of sp³-hybridized carbons (Fsp3) is 0.500. The topological polar surface area (TPSA) is 84.3 Å². The van der Waals surface area contributed by atoms with Crippen molar-refractivity contribution in [1.29, 1.82) is 0 Å². The Kier molecular flexibility index (Phi) is 4.39. The van der Waals surface area contributed by atoms with Gasteiger partial charge >= 0.3 is 0 Å².